The van der Waals surface area contributed by atoms with Crippen molar-refractivity contribution in [1.82, 2.24) is 0 Å². The second kappa shape index (κ2) is 5.36. The lowest BCUT2D eigenvalue weighted by Gasteiger charge is -2.54. The molecule has 0 spiro atoms. The van der Waals surface area contributed by atoms with Crippen LogP contribution in [0, 0.1) is 0 Å². The van der Waals surface area contributed by atoms with Crippen molar-refractivity contribution in [3.8, 4) is 0 Å². The molecule has 0 aromatic heterocycles. The number of rotatable bonds is 2. The minimum atomic E-state index is -0.336. The largest absolute Gasteiger partial charge is 0.350 e. The third kappa shape index (κ3) is 2.30. The van der Waals surface area contributed by atoms with E-state index in [1.165, 1.54) is 11.1 Å². The number of ether oxygens (including phenoxy) is 2. The summed E-state index contributed by atoms with van der Waals surface area (Å²) in [4.78, 5) is 0. The van der Waals surface area contributed by atoms with E-state index in [-0.39, 0.29) is 8.53 Å². The lowest BCUT2D eigenvalue weighted by atomic mass is 10.2. The Kier molecular flexibility index (Phi) is 3.50. The topological polar surface area (TPSA) is 18.5 Å². The van der Waals surface area contributed by atoms with Gasteiger partial charge in [0, 0.05) is 11.1 Å². The molecule has 21 heavy (non-hydrogen) atoms. The fourth-order valence-corrected chi connectivity index (χ4v) is 6.10. The highest BCUT2D eigenvalue weighted by Gasteiger charge is 2.61. The minimum Gasteiger partial charge on any atom is -0.350 e. The van der Waals surface area contributed by atoms with E-state index < -0.39 is 0 Å². The second-order valence-corrected chi connectivity index (χ2v) is 8.32. The molecule has 0 N–H and O–H groups in total. The summed E-state index contributed by atoms with van der Waals surface area (Å²) in [6.07, 6.45) is 0.935. The van der Waals surface area contributed by atoms with Gasteiger partial charge in [-0.3, -0.25) is 0 Å². The molecule has 3 aliphatic rings. The van der Waals surface area contributed by atoms with Gasteiger partial charge >= 0.3 is 0 Å². The predicted octanol–water partition coefficient (Wildman–Crippen LogP) is 4.52. The van der Waals surface area contributed by atoms with Crippen molar-refractivity contribution < 1.29 is 9.47 Å². The highest BCUT2D eigenvalue weighted by molar-refractivity contribution is 8.33. The van der Waals surface area contributed by atoms with Crippen molar-refractivity contribution in [2.75, 3.05) is 13.2 Å². The van der Waals surface area contributed by atoms with E-state index >= 15 is 0 Å². The Bertz CT molecular complexity index is 556. The summed E-state index contributed by atoms with van der Waals surface area (Å²) in [6.45, 7) is 1.47. The van der Waals surface area contributed by atoms with Gasteiger partial charge in [0.05, 0.1) is 13.2 Å². The molecular weight excluding hydrogens is 300 g/mol. The number of hydrogen-bond donors (Lipinski definition) is 0. The van der Waals surface area contributed by atoms with E-state index in [9.17, 15) is 0 Å². The lowest BCUT2D eigenvalue weighted by molar-refractivity contribution is -0.00280. The number of thioether (sulfide) groups is 2. The maximum absolute atomic E-state index is 6.21. The van der Waals surface area contributed by atoms with Crippen LogP contribution in [0.3, 0.4) is 0 Å². The van der Waals surface area contributed by atoms with E-state index in [2.05, 4.69) is 48.5 Å². The molecule has 2 aromatic rings. The third-order valence-electron chi connectivity index (χ3n) is 3.66. The first-order valence-corrected chi connectivity index (χ1v) is 8.76. The van der Waals surface area contributed by atoms with Crippen LogP contribution in [0.2, 0.25) is 0 Å². The molecule has 2 bridgehead atoms. The Balaban J connectivity index is 1.70. The first-order valence-electron chi connectivity index (χ1n) is 7.12. The first kappa shape index (κ1) is 13.7. The number of fused-ring (bicyclic) bond motifs is 4. The van der Waals surface area contributed by atoms with Gasteiger partial charge in [-0.2, -0.15) is 0 Å². The molecule has 3 heterocycles. The van der Waals surface area contributed by atoms with Gasteiger partial charge in [-0.1, -0.05) is 84.2 Å². The zero-order valence-electron chi connectivity index (χ0n) is 11.5. The van der Waals surface area contributed by atoms with Crippen LogP contribution in [0.15, 0.2) is 60.7 Å². The first-order chi connectivity index (χ1) is 10.3. The van der Waals surface area contributed by atoms with E-state index in [1.54, 1.807) is 23.5 Å². The van der Waals surface area contributed by atoms with Crippen molar-refractivity contribution in [2.45, 2.75) is 15.0 Å². The van der Waals surface area contributed by atoms with Gasteiger partial charge in [0.25, 0.3) is 0 Å². The monoisotopic (exact) mass is 316 g/mol. The SMILES string of the molecule is c1ccc(C23OCCCOC(c4ccccc4)(S2)S3)cc1. The predicted molar refractivity (Wildman–Crippen MR) is 87.9 cm³/mol. The molecule has 3 aliphatic heterocycles. The summed E-state index contributed by atoms with van der Waals surface area (Å²) < 4.78 is 11.8. The van der Waals surface area contributed by atoms with Crippen LogP contribution in [-0.4, -0.2) is 13.2 Å². The maximum atomic E-state index is 6.21. The van der Waals surface area contributed by atoms with Crippen LogP contribution in [0.4, 0.5) is 0 Å². The smallest absolute Gasteiger partial charge is 0.193 e. The maximum Gasteiger partial charge on any atom is 0.193 e. The Labute approximate surface area is 133 Å². The molecule has 4 heteroatoms. The lowest BCUT2D eigenvalue weighted by Crippen LogP contribution is -2.46. The summed E-state index contributed by atoms with van der Waals surface area (Å²) in [5.41, 5.74) is 2.41. The van der Waals surface area contributed by atoms with Crippen LogP contribution in [0.25, 0.3) is 0 Å². The van der Waals surface area contributed by atoms with E-state index in [0.29, 0.717) is 0 Å². The quantitative estimate of drug-likeness (QED) is 0.810. The molecule has 3 fully saturated rings. The van der Waals surface area contributed by atoms with Gasteiger partial charge in [0.1, 0.15) is 0 Å². The van der Waals surface area contributed by atoms with E-state index in [1.807, 2.05) is 12.1 Å². The fraction of sp³-hybridized carbons (Fsp3) is 0.294. The summed E-state index contributed by atoms with van der Waals surface area (Å²) >= 11 is 3.54. The molecule has 2 nitrogen and oxygen atoms in total. The summed E-state index contributed by atoms with van der Waals surface area (Å²) in [7, 11) is 0. The number of benzene rings is 2. The van der Waals surface area contributed by atoms with Gasteiger partial charge in [-0.05, 0) is 6.42 Å². The van der Waals surface area contributed by atoms with Crippen LogP contribution in [0.5, 0.6) is 0 Å². The second-order valence-electron chi connectivity index (χ2n) is 5.10. The van der Waals surface area contributed by atoms with Crippen LogP contribution >= 0.6 is 23.5 Å². The summed E-state index contributed by atoms with van der Waals surface area (Å²) in [5.74, 6) is 0. The molecule has 3 saturated heterocycles. The average Bonchev–Trinajstić information content (AvgIpc) is 2.48. The van der Waals surface area contributed by atoms with Crippen LogP contribution in [-0.2, 0) is 18.0 Å². The molecule has 5 rings (SSSR count). The van der Waals surface area contributed by atoms with Gasteiger partial charge in [-0.15, -0.1) is 0 Å². The van der Waals surface area contributed by atoms with Crippen molar-refractivity contribution in [2.24, 2.45) is 0 Å². The molecule has 0 amide bonds. The van der Waals surface area contributed by atoms with Crippen LogP contribution in [0.1, 0.15) is 17.5 Å². The van der Waals surface area contributed by atoms with Crippen molar-refractivity contribution in [1.29, 1.82) is 0 Å². The minimum absolute atomic E-state index is 0.336. The number of hydrogen-bond acceptors (Lipinski definition) is 4. The van der Waals surface area contributed by atoms with E-state index in [4.69, 9.17) is 9.47 Å². The zero-order chi connectivity index (χ0) is 14.2. The van der Waals surface area contributed by atoms with Gasteiger partial charge in [0.15, 0.2) is 8.53 Å². The van der Waals surface area contributed by atoms with Crippen molar-refractivity contribution in [3.05, 3.63) is 71.8 Å². The zero-order valence-corrected chi connectivity index (χ0v) is 13.2. The van der Waals surface area contributed by atoms with Gasteiger partial charge in [0.2, 0.25) is 0 Å². The molecule has 2 aromatic carbocycles. The van der Waals surface area contributed by atoms with Crippen LogP contribution < -0.4 is 0 Å². The third-order valence-corrected chi connectivity index (χ3v) is 7.15. The van der Waals surface area contributed by atoms with E-state index in [0.717, 1.165) is 19.6 Å². The van der Waals surface area contributed by atoms with Gasteiger partial charge in [-0.25, -0.2) is 0 Å². The standard InChI is InChI=1S/C17H16O2S2/c1-3-8-14(9-4-1)16-18-12-7-13-19-17(20-16,21-16)15-10-5-2-6-11-15/h1-6,8-11H,7,12-13H2. The molecular formula is C17H16O2S2. The van der Waals surface area contributed by atoms with Gasteiger partial charge < -0.3 is 9.47 Å². The highest BCUT2D eigenvalue weighted by atomic mass is 32.3. The molecule has 0 aliphatic carbocycles. The highest BCUT2D eigenvalue weighted by Crippen LogP contribution is 2.75. The van der Waals surface area contributed by atoms with Crippen molar-refractivity contribution in [3.63, 3.8) is 0 Å². The molecule has 0 unspecified atom stereocenters. The van der Waals surface area contributed by atoms with Crippen molar-refractivity contribution >= 4 is 23.5 Å². The summed E-state index contributed by atoms with van der Waals surface area (Å²) in [6, 6.07) is 20.9. The molecule has 0 saturated carbocycles. The Hall–Kier alpha value is -0.940. The fourth-order valence-electron chi connectivity index (χ4n) is 2.64. The summed E-state index contributed by atoms with van der Waals surface area (Å²) in [5, 5.41) is 0. The molecule has 0 radical (unpaired) electrons. The molecule has 0 atom stereocenters. The normalized spacial score (nSPS) is 31.8. The Morgan fingerprint density at radius 2 is 1.10 bits per heavy atom. The Morgan fingerprint density at radius 1 is 0.667 bits per heavy atom. The molecule has 108 valence electrons. The average molecular weight is 316 g/mol. The Morgan fingerprint density at radius 3 is 1.52 bits per heavy atom.